The summed E-state index contributed by atoms with van der Waals surface area (Å²) in [4.78, 5) is 11.1. The van der Waals surface area contributed by atoms with Crippen molar-refractivity contribution in [1.82, 2.24) is 9.61 Å². The molecule has 0 bridgehead atoms. The van der Waals surface area contributed by atoms with Crippen molar-refractivity contribution in [3.8, 4) is 17.2 Å². The van der Waals surface area contributed by atoms with Crippen molar-refractivity contribution in [2.75, 3.05) is 7.11 Å². The number of halogens is 1. The van der Waals surface area contributed by atoms with Crippen molar-refractivity contribution in [3.63, 3.8) is 0 Å². The van der Waals surface area contributed by atoms with E-state index in [9.17, 15) is 14.3 Å². The fraction of sp³-hybridized carbons (Fsp3) is 0.125. The summed E-state index contributed by atoms with van der Waals surface area (Å²) in [5.74, 6) is -0.184. The quantitative estimate of drug-likeness (QED) is 0.732. The minimum atomic E-state index is -0.917. The van der Waals surface area contributed by atoms with Gasteiger partial charge in [-0.3, -0.25) is 4.79 Å². The summed E-state index contributed by atoms with van der Waals surface area (Å²) < 4.78 is 25.4. The number of nitrogens with zero attached hydrogens (tertiary/aromatic N) is 2. The van der Waals surface area contributed by atoms with Crippen LogP contribution in [-0.4, -0.2) is 28.1 Å². The molecule has 0 unspecified atom stereocenters. The lowest BCUT2D eigenvalue weighted by Crippen LogP contribution is -1.99. The monoisotopic (exact) mass is 316 g/mol. The fourth-order valence-electron chi connectivity index (χ4n) is 2.22. The second-order valence-electron chi connectivity index (χ2n) is 4.81. The van der Waals surface area contributed by atoms with Gasteiger partial charge in [0.25, 0.3) is 0 Å². The van der Waals surface area contributed by atoms with Crippen LogP contribution >= 0.6 is 0 Å². The molecule has 0 spiro atoms. The molecule has 0 amide bonds. The van der Waals surface area contributed by atoms with Gasteiger partial charge in [-0.05, 0) is 17.7 Å². The van der Waals surface area contributed by atoms with Crippen molar-refractivity contribution in [3.05, 3.63) is 53.6 Å². The minimum Gasteiger partial charge on any atom is -0.506 e. The Morgan fingerprint density at radius 2 is 2.09 bits per heavy atom. The number of aromatic nitrogens is 2. The number of methoxy groups -OCH3 is 1. The number of carbonyl (C=O) groups is 1. The maximum absolute atomic E-state index is 13.6. The van der Waals surface area contributed by atoms with Gasteiger partial charge in [0.15, 0.2) is 6.29 Å². The fourth-order valence-corrected chi connectivity index (χ4v) is 2.22. The Morgan fingerprint density at radius 1 is 1.35 bits per heavy atom. The zero-order chi connectivity index (χ0) is 16.4. The molecule has 3 aromatic rings. The molecule has 0 aliphatic heterocycles. The Bertz CT molecular complexity index is 859. The molecule has 1 aromatic carbocycles. The maximum atomic E-state index is 13.6. The molecule has 7 heteroatoms. The van der Waals surface area contributed by atoms with Crippen LogP contribution in [0.25, 0.3) is 5.52 Å². The second-order valence-corrected chi connectivity index (χ2v) is 4.81. The summed E-state index contributed by atoms with van der Waals surface area (Å²) in [5.41, 5.74) is 0.804. The standard InChI is InChI=1S/C16H13FN2O4/c1-22-12-4-2-10(3-5-12)9-23-14-6-11(21)7-19-15(14)13(8-20)16(17)18-19/h2-8,21H,9H2,1H3. The first-order valence-corrected chi connectivity index (χ1v) is 6.74. The Hall–Kier alpha value is -3.09. The molecule has 2 heterocycles. The number of rotatable bonds is 5. The van der Waals surface area contributed by atoms with Crippen LogP contribution in [0, 0.1) is 5.95 Å². The molecule has 0 saturated carbocycles. The van der Waals surface area contributed by atoms with Gasteiger partial charge in [-0.1, -0.05) is 12.1 Å². The van der Waals surface area contributed by atoms with Crippen LogP contribution in [0.15, 0.2) is 36.5 Å². The normalized spacial score (nSPS) is 10.7. The van der Waals surface area contributed by atoms with E-state index in [4.69, 9.17) is 9.47 Å². The first-order chi connectivity index (χ1) is 11.1. The van der Waals surface area contributed by atoms with Gasteiger partial charge in [0.05, 0.1) is 13.3 Å². The van der Waals surface area contributed by atoms with E-state index in [2.05, 4.69) is 5.10 Å². The second kappa shape index (κ2) is 5.96. The van der Waals surface area contributed by atoms with Gasteiger partial charge in [0.1, 0.15) is 34.9 Å². The molecule has 0 aliphatic rings. The smallest absolute Gasteiger partial charge is 0.244 e. The molecule has 0 radical (unpaired) electrons. The summed E-state index contributed by atoms with van der Waals surface area (Å²) in [7, 11) is 1.57. The van der Waals surface area contributed by atoms with Crippen LogP contribution in [0.4, 0.5) is 4.39 Å². The van der Waals surface area contributed by atoms with Crippen molar-refractivity contribution < 1.29 is 23.8 Å². The Kier molecular flexibility index (Phi) is 3.84. The highest BCUT2D eigenvalue weighted by atomic mass is 19.1. The molecule has 23 heavy (non-hydrogen) atoms. The predicted octanol–water partition coefficient (Wildman–Crippen LogP) is 2.58. The molecule has 118 valence electrons. The molecule has 6 nitrogen and oxygen atoms in total. The van der Waals surface area contributed by atoms with Gasteiger partial charge >= 0.3 is 0 Å². The zero-order valence-electron chi connectivity index (χ0n) is 12.2. The molecular formula is C16H13FN2O4. The number of carbonyl (C=O) groups excluding carboxylic acids is 1. The van der Waals surface area contributed by atoms with E-state index in [1.165, 1.54) is 12.3 Å². The average molecular weight is 316 g/mol. The zero-order valence-corrected chi connectivity index (χ0v) is 12.2. The van der Waals surface area contributed by atoms with E-state index in [1.807, 2.05) is 12.1 Å². The van der Waals surface area contributed by atoms with E-state index < -0.39 is 5.95 Å². The van der Waals surface area contributed by atoms with Gasteiger partial charge in [0.2, 0.25) is 5.95 Å². The Labute approximate surface area is 130 Å². The van der Waals surface area contributed by atoms with E-state index in [0.29, 0.717) is 6.29 Å². The maximum Gasteiger partial charge on any atom is 0.244 e. The number of pyridine rings is 1. The lowest BCUT2D eigenvalue weighted by molar-refractivity contribution is 0.112. The van der Waals surface area contributed by atoms with Crippen molar-refractivity contribution in [2.45, 2.75) is 6.61 Å². The van der Waals surface area contributed by atoms with Crippen LogP contribution in [0.2, 0.25) is 0 Å². The van der Waals surface area contributed by atoms with Gasteiger partial charge in [-0.15, -0.1) is 5.10 Å². The Balaban J connectivity index is 1.93. The molecule has 1 N–H and O–H groups in total. The molecule has 2 aromatic heterocycles. The molecule has 0 saturated heterocycles. The first kappa shape index (κ1) is 14.8. The summed E-state index contributed by atoms with van der Waals surface area (Å²) >= 11 is 0. The highest BCUT2D eigenvalue weighted by Gasteiger charge is 2.17. The predicted molar refractivity (Wildman–Crippen MR) is 79.5 cm³/mol. The third-order valence-electron chi connectivity index (χ3n) is 3.34. The summed E-state index contributed by atoms with van der Waals surface area (Å²) in [6.07, 6.45) is 1.57. The molecule has 3 rings (SSSR count). The van der Waals surface area contributed by atoms with Gasteiger partial charge in [0, 0.05) is 6.07 Å². The van der Waals surface area contributed by atoms with E-state index >= 15 is 0 Å². The van der Waals surface area contributed by atoms with E-state index in [0.717, 1.165) is 15.8 Å². The largest absolute Gasteiger partial charge is 0.506 e. The molecular weight excluding hydrogens is 303 g/mol. The third kappa shape index (κ3) is 2.80. The number of ether oxygens (including phenoxy) is 2. The third-order valence-corrected chi connectivity index (χ3v) is 3.34. The number of hydrogen-bond acceptors (Lipinski definition) is 5. The van der Waals surface area contributed by atoms with Gasteiger partial charge < -0.3 is 14.6 Å². The van der Waals surface area contributed by atoms with Crippen molar-refractivity contribution >= 4 is 11.8 Å². The molecule has 0 fully saturated rings. The number of fused-ring (bicyclic) bond motifs is 1. The number of benzene rings is 1. The van der Waals surface area contributed by atoms with Crippen LogP contribution in [0.5, 0.6) is 17.2 Å². The van der Waals surface area contributed by atoms with Crippen LogP contribution in [0.1, 0.15) is 15.9 Å². The van der Waals surface area contributed by atoms with Gasteiger partial charge in [-0.2, -0.15) is 4.39 Å². The SMILES string of the molecule is COc1ccc(COc2cc(O)cn3nc(F)c(C=O)c23)cc1. The summed E-state index contributed by atoms with van der Waals surface area (Å²) in [5, 5.41) is 13.2. The first-order valence-electron chi connectivity index (χ1n) is 6.74. The molecule has 0 atom stereocenters. The number of hydrogen-bond donors (Lipinski definition) is 1. The van der Waals surface area contributed by atoms with Crippen LogP contribution < -0.4 is 9.47 Å². The molecule has 0 aliphatic carbocycles. The van der Waals surface area contributed by atoms with E-state index in [1.54, 1.807) is 19.2 Å². The average Bonchev–Trinajstić information content (AvgIpc) is 2.87. The topological polar surface area (TPSA) is 73.1 Å². The lowest BCUT2D eigenvalue weighted by atomic mass is 10.2. The van der Waals surface area contributed by atoms with E-state index in [-0.39, 0.29) is 29.2 Å². The van der Waals surface area contributed by atoms with Crippen LogP contribution in [0.3, 0.4) is 0 Å². The van der Waals surface area contributed by atoms with Crippen molar-refractivity contribution in [2.24, 2.45) is 0 Å². The highest BCUT2D eigenvalue weighted by Crippen LogP contribution is 2.29. The summed E-state index contributed by atoms with van der Waals surface area (Å²) in [6.45, 7) is 0.175. The van der Waals surface area contributed by atoms with Crippen LogP contribution in [-0.2, 0) is 6.61 Å². The highest BCUT2D eigenvalue weighted by molar-refractivity contribution is 5.89. The van der Waals surface area contributed by atoms with Crippen molar-refractivity contribution in [1.29, 1.82) is 0 Å². The summed E-state index contributed by atoms with van der Waals surface area (Å²) in [6, 6.07) is 8.51. The minimum absolute atomic E-state index is 0.151. The number of aldehydes is 1. The van der Waals surface area contributed by atoms with Gasteiger partial charge in [-0.25, -0.2) is 4.52 Å². The lowest BCUT2D eigenvalue weighted by Gasteiger charge is -2.09. The Morgan fingerprint density at radius 3 is 2.74 bits per heavy atom. The number of aromatic hydroxyl groups is 1.